The SMILES string of the molecule is Cc1ccccc1CN1CCN(C(=O)CSc2nn(-c3ccccc3)c(=S)s2)CC1. The molecule has 2 aromatic carbocycles. The Morgan fingerprint density at radius 2 is 1.77 bits per heavy atom. The van der Waals surface area contributed by atoms with Crippen LogP contribution in [-0.2, 0) is 11.3 Å². The fourth-order valence-corrected chi connectivity index (χ4v) is 5.71. The van der Waals surface area contributed by atoms with Crippen LogP contribution in [0.5, 0.6) is 0 Å². The number of para-hydroxylation sites is 1. The summed E-state index contributed by atoms with van der Waals surface area (Å²) < 4.78 is 3.29. The molecule has 30 heavy (non-hydrogen) atoms. The van der Waals surface area contributed by atoms with Crippen molar-refractivity contribution < 1.29 is 4.79 Å². The van der Waals surface area contributed by atoms with Gasteiger partial charge in [-0.25, -0.2) is 4.68 Å². The number of amides is 1. The quantitative estimate of drug-likeness (QED) is 0.406. The lowest BCUT2D eigenvalue weighted by Gasteiger charge is -2.35. The number of piperazine rings is 1. The zero-order valence-electron chi connectivity index (χ0n) is 16.9. The molecule has 1 aliphatic heterocycles. The third-order valence-corrected chi connectivity index (χ3v) is 7.58. The van der Waals surface area contributed by atoms with E-state index in [1.165, 1.54) is 34.2 Å². The van der Waals surface area contributed by atoms with Crippen LogP contribution in [0.15, 0.2) is 58.9 Å². The highest BCUT2D eigenvalue weighted by atomic mass is 32.2. The summed E-state index contributed by atoms with van der Waals surface area (Å²) in [5.74, 6) is 0.567. The first kappa shape index (κ1) is 21.2. The molecule has 8 heteroatoms. The van der Waals surface area contributed by atoms with Crippen molar-refractivity contribution in [3.63, 3.8) is 0 Å². The van der Waals surface area contributed by atoms with Gasteiger partial charge in [-0.15, -0.1) is 5.10 Å². The number of aryl methyl sites for hydroxylation is 1. The van der Waals surface area contributed by atoms with Crippen molar-refractivity contribution in [3.8, 4) is 5.69 Å². The molecule has 4 rings (SSSR count). The molecule has 1 amide bonds. The largest absolute Gasteiger partial charge is 0.339 e. The number of benzene rings is 2. The summed E-state index contributed by atoms with van der Waals surface area (Å²) in [4.78, 5) is 17.1. The molecule has 1 aromatic heterocycles. The van der Waals surface area contributed by atoms with E-state index in [1.807, 2.05) is 35.2 Å². The summed E-state index contributed by atoms with van der Waals surface area (Å²) in [7, 11) is 0. The van der Waals surface area contributed by atoms with Crippen LogP contribution in [0.4, 0.5) is 0 Å². The van der Waals surface area contributed by atoms with Gasteiger partial charge in [0, 0.05) is 32.7 Å². The predicted molar refractivity (Wildman–Crippen MR) is 126 cm³/mol. The van der Waals surface area contributed by atoms with E-state index in [-0.39, 0.29) is 5.91 Å². The number of nitrogens with zero attached hydrogens (tertiary/aromatic N) is 4. The van der Waals surface area contributed by atoms with E-state index >= 15 is 0 Å². The van der Waals surface area contributed by atoms with Gasteiger partial charge in [-0.05, 0) is 42.4 Å². The van der Waals surface area contributed by atoms with Gasteiger partial charge in [0.05, 0.1) is 11.4 Å². The Balaban J connectivity index is 1.28. The van der Waals surface area contributed by atoms with Crippen molar-refractivity contribution in [2.45, 2.75) is 17.8 Å². The molecule has 0 spiro atoms. The summed E-state index contributed by atoms with van der Waals surface area (Å²) in [6.07, 6.45) is 0. The molecular weight excluding hydrogens is 432 g/mol. The highest BCUT2D eigenvalue weighted by Gasteiger charge is 2.22. The van der Waals surface area contributed by atoms with Crippen LogP contribution in [-0.4, -0.2) is 57.4 Å². The minimum absolute atomic E-state index is 0.169. The second kappa shape index (κ2) is 9.87. The molecular formula is C22H24N4OS3. The van der Waals surface area contributed by atoms with Crippen molar-refractivity contribution in [2.75, 3.05) is 31.9 Å². The van der Waals surface area contributed by atoms with Gasteiger partial charge in [-0.3, -0.25) is 9.69 Å². The fourth-order valence-electron chi connectivity index (χ4n) is 3.45. The minimum Gasteiger partial charge on any atom is -0.339 e. The van der Waals surface area contributed by atoms with Crippen LogP contribution in [0.3, 0.4) is 0 Å². The molecule has 1 saturated heterocycles. The van der Waals surface area contributed by atoms with E-state index in [1.54, 1.807) is 4.68 Å². The van der Waals surface area contributed by atoms with Crippen molar-refractivity contribution in [1.29, 1.82) is 0 Å². The first-order valence-electron chi connectivity index (χ1n) is 9.93. The summed E-state index contributed by atoms with van der Waals surface area (Å²) in [6.45, 7) is 6.47. The Bertz CT molecular complexity index is 1060. The maximum absolute atomic E-state index is 12.7. The van der Waals surface area contributed by atoms with E-state index in [2.05, 4.69) is 41.2 Å². The average Bonchev–Trinajstić information content (AvgIpc) is 3.15. The number of hydrogen-bond acceptors (Lipinski definition) is 6. The van der Waals surface area contributed by atoms with Gasteiger partial charge in [-0.1, -0.05) is 65.6 Å². The molecule has 0 bridgehead atoms. The predicted octanol–water partition coefficient (Wildman–Crippen LogP) is 4.41. The first-order chi connectivity index (χ1) is 14.6. The number of rotatable bonds is 6. The smallest absolute Gasteiger partial charge is 0.233 e. The third-order valence-electron chi connectivity index (χ3n) is 5.23. The topological polar surface area (TPSA) is 41.4 Å². The average molecular weight is 457 g/mol. The van der Waals surface area contributed by atoms with Crippen LogP contribution in [0.2, 0.25) is 0 Å². The molecule has 3 aromatic rings. The molecule has 156 valence electrons. The Kier molecular flexibility index (Phi) is 6.99. The van der Waals surface area contributed by atoms with Crippen molar-refractivity contribution in [1.82, 2.24) is 19.6 Å². The Hall–Kier alpha value is -2.00. The van der Waals surface area contributed by atoms with Crippen LogP contribution in [0.1, 0.15) is 11.1 Å². The number of hydrogen-bond donors (Lipinski definition) is 0. The van der Waals surface area contributed by atoms with Crippen molar-refractivity contribution in [2.24, 2.45) is 0 Å². The Morgan fingerprint density at radius 1 is 1.07 bits per heavy atom. The van der Waals surface area contributed by atoms with E-state index in [0.29, 0.717) is 9.71 Å². The molecule has 1 fully saturated rings. The maximum atomic E-state index is 12.7. The van der Waals surface area contributed by atoms with Crippen LogP contribution in [0, 0.1) is 10.9 Å². The van der Waals surface area contributed by atoms with E-state index in [0.717, 1.165) is 42.8 Å². The molecule has 0 radical (unpaired) electrons. The lowest BCUT2D eigenvalue weighted by atomic mass is 10.1. The lowest BCUT2D eigenvalue weighted by molar-refractivity contribution is -0.130. The lowest BCUT2D eigenvalue weighted by Crippen LogP contribution is -2.48. The standard InChI is InChI=1S/C22H24N4OS3/c1-17-7-5-6-8-18(17)15-24-11-13-25(14-12-24)20(27)16-29-21-23-26(22(28)30-21)19-9-3-2-4-10-19/h2-10H,11-16H2,1H3. The first-order valence-corrected chi connectivity index (χ1v) is 12.1. The molecule has 0 saturated carbocycles. The van der Waals surface area contributed by atoms with E-state index in [9.17, 15) is 4.79 Å². The number of carbonyl (C=O) groups is 1. The van der Waals surface area contributed by atoms with Crippen molar-refractivity contribution >= 4 is 41.2 Å². The normalized spacial score (nSPS) is 14.8. The summed E-state index contributed by atoms with van der Waals surface area (Å²) in [5, 5.41) is 4.58. The number of carbonyl (C=O) groups excluding carboxylic acids is 1. The van der Waals surface area contributed by atoms with Gasteiger partial charge >= 0.3 is 0 Å². The summed E-state index contributed by atoms with van der Waals surface area (Å²) in [5.41, 5.74) is 3.63. The maximum Gasteiger partial charge on any atom is 0.233 e. The van der Waals surface area contributed by atoms with Gasteiger partial charge in [0.1, 0.15) is 0 Å². The molecule has 1 aliphatic rings. The third kappa shape index (κ3) is 5.18. The fraction of sp³-hybridized carbons (Fsp3) is 0.318. The summed E-state index contributed by atoms with van der Waals surface area (Å²) in [6, 6.07) is 18.4. The Morgan fingerprint density at radius 3 is 2.50 bits per heavy atom. The van der Waals surface area contributed by atoms with Gasteiger partial charge in [0.2, 0.25) is 5.91 Å². The molecule has 0 N–H and O–H groups in total. The van der Waals surface area contributed by atoms with Gasteiger partial charge in [0.15, 0.2) is 8.29 Å². The van der Waals surface area contributed by atoms with Crippen LogP contribution in [0.25, 0.3) is 5.69 Å². The molecule has 2 heterocycles. The number of thioether (sulfide) groups is 1. The minimum atomic E-state index is 0.169. The van der Waals surface area contributed by atoms with Crippen LogP contribution >= 0.6 is 35.3 Å². The Labute approximate surface area is 190 Å². The molecule has 0 atom stereocenters. The van der Waals surface area contributed by atoms with Gasteiger partial charge < -0.3 is 4.90 Å². The zero-order chi connectivity index (χ0) is 20.9. The van der Waals surface area contributed by atoms with E-state index in [4.69, 9.17) is 12.2 Å². The van der Waals surface area contributed by atoms with Gasteiger partial charge in [0.25, 0.3) is 0 Å². The zero-order valence-corrected chi connectivity index (χ0v) is 19.3. The monoisotopic (exact) mass is 456 g/mol. The van der Waals surface area contributed by atoms with E-state index < -0.39 is 0 Å². The highest BCUT2D eigenvalue weighted by molar-refractivity contribution is 8.01. The highest BCUT2D eigenvalue weighted by Crippen LogP contribution is 2.24. The molecule has 0 unspecified atom stereocenters. The molecule has 0 aliphatic carbocycles. The second-order valence-corrected chi connectivity index (χ2v) is 10.1. The van der Waals surface area contributed by atoms with Crippen molar-refractivity contribution in [3.05, 3.63) is 69.7 Å². The number of aromatic nitrogens is 2. The van der Waals surface area contributed by atoms with Crippen LogP contribution < -0.4 is 0 Å². The summed E-state index contributed by atoms with van der Waals surface area (Å²) >= 11 is 8.36. The molecule has 5 nitrogen and oxygen atoms in total. The second-order valence-electron chi connectivity index (χ2n) is 7.25. The van der Waals surface area contributed by atoms with Gasteiger partial charge in [-0.2, -0.15) is 0 Å².